The van der Waals surface area contributed by atoms with Gasteiger partial charge in [-0.1, -0.05) is 0 Å². The maximum atomic E-state index is 10.8. The van der Waals surface area contributed by atoms with Crippen molar-refractivity contribution in [2.75, 3.05) is 0 Å². The molecule has 1 N–H and O–H groups in total. The van der Waals surface area contributed by atoms with Gasteiger partial charge >= 0.3 is 5.97 Å². The zero-order chi connectivity index (χ0) is 11.8. The quantitative estimate of drug-likeness (QED) is 0.908. The van der Waals surface area contributed by atoms with E-state index in [1.54, 1.807) is 17.6 Å². The highest BCUT2D eigenvalue weighted by Crippen LogP contribution is 2.41. The van der Waals surface area contributed by atoms with E-state index in [1.807, 2.05) is 12.1 Å². The van der Waals surface area contributed by atoms with Crippen LogP contribution >= 0.6 is 11.3 Å². The van der Waals surface area contributed by atoms with Crippen molar-refractivity contribution >= 4 is 17.3 Å². The molecule has 1 unspecified atom stereocenters. The van der Waals surface area contributed by atoms with Gasteiger partial charge in [0.25, 0.3) is 0 Å². The Morgan fingerprint density at radius 3 is 3.24 bits per heavy atom. The van der Waals surface area contributed by atoms with Gasteiger partial charge in [-0.3, -0.25) is 4.79 Å². The molecule has 0 saturated carbocycles. The highest BCUT2D eigenvalue weighted by Gasteiger charge is 2.29. The number of furan rings is 1. The van der Waals surface area contributed by atoms with Crippen LogP contribution in [0.1, 0.15) is 29.3 Å². The SMILES string of the molecule is O=C(O)CC1CCc2sc(-c3ccco3)nc21. The predicted molar refractivity (Wildman–Crippen MR) is 63.1 cm³/mol. The topological polar surface area (TPSA) is 63.3 Å². The number of hydrogen-bond donors (Lipinski definition) is 1. The van der Waals surface area contributed by atoms with Gasteiger partial charge in [0.2, 0.25) is 0 Å². The molecular formula is C12H11NO3S. The number of carbonyl (C=O) groups is 1. The van der Waals surface area contributed by atoms with E-state index in [0.717, 1.165) is 29.3 Å². The first-order valence-corrected chi connectivity index (χ1v) is 6.31. The van der Waals surface area contributed by atoms with Gasteiger partial charge in [-0.15, -0.1) is 11.3 Å². The van der Waals surface area contributed by atoms with Gasteiger partial charge in [-0.25, -0.2) is 4.98 Å². The second kappa shape index (κ2) is 4.00. The lowest BCUT2D eigenvalue weighted by molar-refractivity contribution is -0.137. The molecule has 0 radical (unpaired) electrons. The Bertz CT molecular complexity index is 544. The summed E-state index contributed by atoms with van der Waals surface area (Å²) in [6, 6.07) is 3.71. The molecule has 88 valence electrons. The van der Waals surface area contributed by atoms with Gasteiger partial charge in [-0.2, -0.15) is 0 Å². The van der Waals surface area contributed by atoms with Crippen LogP contribution in [0.3, 0.4) is 0 Å². The van der Waals surface area contributed by atoms with E-state index in [4.69, 9.17) is 9.52 Å². The summed E-state index contributed by atoms with van der Waals surface area (Å²) in [7, 11) is 0. The minimum absolute atomic E-state index is 0.0717. The predicted octanol–water partition coefficient (Wildman–Crippen LogP) is 2.91. The summed E-state index contributed by atoms with van der Waals surface area (Å²) < 4.78 is 5.30. The second-order valence-electron chi connectivity index (χ2n) is 4.14. The number of thiazole rings is 1. The molecule has 4 nitrogen and oxygen atoms in total. The van der Waals surface area contributed by atoms with Gasteiger partial charge in [0.05, 0.1) is 18.4 Å². The molecule has 1 atom stereocenters. The van der Waals surface area contributed by atoms with E-state index < -0.39 is 5.97 Å². The number of aromatic nitrogens is 1. The average molecular weight is 249 g/mol. The van der Waals surface area contributed by atoms with Gasteiger partial charge < -0.3 is 9.52 Å². The van der Waals surface area contributed by atoms with E-state index in [1.165, 1.54) is 4.88 Å². The normalized spacial score (nSPS) is 18.2. The fourth-order valence-corrected chi connectivity index (χ4v) is 3.35. The summed E-state index contributed by atoms with van der Waals surface area (Å²) >= 11 is 1.61. The van der Waals surface area contributed by atoms with Crippen molar-refractivity contribution in [2.45, 2.75) is 25.2 Å². The summed E-state index contributed by atoms with van der Waals surface area (Å²) in [4.78, 5) is 16.5. The molecule has 5 heteroatoms. The molecule has 17 heavy (non-hydrogen) atoms. The van der Waals surface area contributed by atoms with Gasteiger partial charge in [0.15, 0.2) is 10.8 Å². The van der Waals surface area contributed by atoms with Gasteiger partial charge in [0.1, 0.15) is 0 Å². The van der Waals surface area contributed by atoms with Crippen LogP contribution in [-0.2, 0) is 11.2 Å². The third kappa shape index (κ3) is 1.86. The monoisotopic (exact) mass is 249 g/mol. The van der Waals surface area contributed by atoms with Crippen molar-refractivity contribution in [3.8, 4) is 10.8 Å². The number of aliphatic carboxylic acids is 1. The zero-order valence-corrected chi connectivity index (χ0v) is 9.87. The van der Waals surface area contributed by atoms with Crippen LogP contribution in [0.2, 0.25) is 0 Å². The lowest BCUT2D eigenvalue weighted by Crippen LogP contribution is -2.03. The van der Waals surface area contributed by atoms with Crippen LogP contribution in [0, 0.1) is 0 Å². The summed E-state index contributed by atoms with van der Waals surface area (Å²) in [5.41, 5.74) is 0.962. The van der Waals surface area contributed by atoms with Gasteiger partial charge in [0, 0.05) is 10.8 Å². The Morgan fingerprint density at radius 1 is 1.65 bits per heavy atom. The van der Waals surface area contributed by atoms with Crippen LogP contribution in [0.4, 0.5) is 0 Å². The Balaban J connectivity index is 1.92. The lowest BCUT2D eigenvalue weighted by Gasteiger charge is -2.04. The van der Waals surface area contributed by atoms with Crippen molar-refractivity contribution in [1.29, 1.82) is 0 Å². The molecule has 0 amide bonds. The average Bonchev–Trinajstić information content (AvgIpc) is 2.93. The van der Waals surface area contributed by atoms with E-state index in [9.17, 15) is 4.79 Å². The minimum atomic E-state index is -0.754. The first-order chi connectivity index (χ1) is 8.24. The molecule has 1 aliphatic carbocycles. The largest absolute Gasteiger partial charge is 0.481 e. The first-order valence-electron chi connectivity index (χ1n) is 5.49. The van der Waals surface area contributed by atoms with E-state index >= 15 is 0 Å². The molecule has 0 fully saturated rings. The number of carboxylic acids is 1. The smallest absolute Gasteiger partial charge is 0.304 e. The van der Waals surface area contributed by atoms with Crippen LogP contribution in [0.25, 0.3) is 10.8 Å². The summed E-state index contributed by atoms with van der Waals surface area (Å²) in [6.45, 7) is 0. The summed E-state index contributed by atoms with van der Waals surface area (Å²) in [5.74, 6) is 0.0799. The molecule has 0 aromatic carbocycles. The highest BCUT2D eigenvalue weighted by molar-refractivity contribution is 7.15. The third-order valence-electron chi connectivity index (χ3n) is 2.99. The molecule has 0 aliphatic heterocycles. The van der Waals surface area contributed by atoms with Crippen molar-refractivity contribution in [1.82, 2.24) is 4.98 Å². The molecule has 3 rings (SSSR count). The Morgan fingerprint density at radius 2 is 2.53 bits per heavy atom. The second-order valence-corrected chi connectivity index (χ2v) is 5.22. The fourth-order valence-electron chi connectivity index (χ4n) is 2.22. The molecule has 2 aromatic rings. The number of fused-ring (bicyclic) bond motifs is 1. The molecule has 2 heterocycles. The van der Waals surface area contributed by atoms with Crippen LogP contribution in [0.15, 0.2) is 22.8 Å². The van der Waals surface area contributed by atoms with Crippen molar-refractivity contribution in [3.63, 3.8) is 0 Å². The van der Waals surface area contributed by atoms with Crippen LogP contribution < -0.4 is 0 Å². The van der Waals surface area contributed by atoms with E-state index in [-0.39, 0.29) is 12.3 Å². The standard InChI is InChI=1S/C12H11NO3S/c14-10(15)6-7-3-4-9-11(7)13-12(17-9)8-2-1-5-16-8/h1-2,5,7H,3-4,6H2,(H,14,15). The molecule has 2 aromatic heterocycles. The molecule has 1 aliphatic rings. The molecule has 0 spiro atoms. The van der Waals surface area contributed by atoms with Crippen LogP contribution in [0.5, 0.6) is 0 Å². The van der Waals surface area contributed by atoms with Crippen LogP contribution in [-0.4, -0.2) is 16.1 Å². The molecule has 0 saturated heterocycles. The minimum Gasteiger partial charge on any atom is -0.481 e. The highest BCUT2D eigenvalue weighted by atomic mass is 32.1. The number of aryl methyl sites for hydroxylation is 1. The summed E-state index contributed by atoms with van der Waals surface area (Å²) in [5, 5.41) is 9.70. The third-order valence-corrected chi connectivity index (χ3v) is 4.13. The maximum absolute atomic E-state index is 10.8. The van der Waals surface area contributed by atoms with Crippen molar-refractivity contribution in [2.24, 2.45) is 0 Å². The number of rotatable bonds is 3. The number of nitrogens with zero attached hydrogens (tertiary/aromatic N) is 1. The van der Waals surface area contributed by atoms with E-state index in [2.05, 4.69) is 4.98 Å². The summed E-state index contributed by atoms with van der Waals surface area (Å²) in [6.07, 6.45) is 3.63. The maximum Gasteiger partial charge on any atom is 0.304 e. The number of hydrogen-bond acceptors (Lipinski definition) is 4. The zero-order valence-electron chi connectivity index (χ0n) is 9.05. The Labute approximate surface area is 102 Å². The molecule has 0 bridgehead atoms. The fraction of sp³-hybridized carbons (Fsp3) is 0.333. The Hall–Kier alpha value is -1.62. The number of carboxylic acid groups (broad SMARTS) is 1. The lowest BCUT2D eigenvalue weighted by atomic mass is 10.0. The Kier molecular flexibility index (Phi) is 2.48. The van der Waals surface area contributed by atoms with E-state index in [0.29, 0.717) is 0 Å². The van der Waals surface area contributed by atoms with Gasteiger partial charge in [-0.05, 0) is 25.0 Å². The first kappa shape index (κ1) is 10.5. The van der Waals surface area contributed by atoms with Crippen molar-refractivity contribution in [3.05, 3.63) is 29.0 Å². The van der Waals surface area contributed by atoms with Crippen molar-refractivity contribution < 1.29 is 14.3 Å². The molecular weight excluding hydrogens is 238 g/mol.